The van der Waals surface area contributed by atoms with Gasteiger partial charge in [-0.05, 0) is 29.3 Å². The number of nitrogens with one attached hydrogen (secondary N) is 1. The van der Waals surface area contributed by atoms with E-state index in [0.717, 1.165) is 11.4 Å². The van der Waals surface area contributed by atoms with Crippen LogP contribution in [0.2, 0.25) is 0 Å². The fourth-order valence-electron chi connectivity index (χ4n) is 1.06. The molecule has 0 saturated heterocycles. The monoisotopic (exact) mass is 272 g/mol. The second kappa shape index (κ2) is 9.32. The molecule has 1 heterocycles. The first kappa shape index (κ1) is 14.3. The average Bonchev–Trinajstić information content (AvgIpc) is 2.36. The molecule has 0 aliphatic carbocycles. The maximum Gasteiger partial charge on any atom is 0.220 e. The van der Waals surface area contributed by atoms with Crippen molar-refractivity contribution in [1.82, 2.24) is 10.3 Å². The Morgan fingerprint density at radius 3 is 3.12 bits per heavy atom. The minimum absolute atomic E-state index is 0.0659. The molecule has 0 aromatic carbocycles. The van der Waals surface area contributed by atoms with Crippen molar-refractivity contribution in [3.05, 3.63) is 24.4 Å². The molecule has 17 heavy (non-hydrogen) atoms. The lowest BCUT2D eigenvalue weighted by atomic mass is 10.3. The van der Waals surface area contributed by atoms with Crippen LogP contribution in [0, 0.1) is 0 Å². The number of aromatic nitrogens is 1. The molecule has 94 valence electrons. The quantitative estimate of drug-likeness (QED) is 0.447. The molecule has 0 aliphatic rings. The number of pyridine rings is 1. The Labute approximate surface area is 109 Å². The maximum absolute atomic E-state index is 11.3. The van der Waals surface area contributed by atoms with Crippen LogP contribution in [-0.2, 0) is 9.53 Å². The normalized spacial score (nSPS) is 10.2. The number of rotatable bonds is 8. The van der Waals surface area contributed by atoms with Crippen LogP contribution in [0.15, 0.2) is 29.4 Å². The molecule has 0 atom stereocenters. The van der Waals surface area contributed by atoms with E-state index in [4.69, 9.17) is 4.74 Å². The summed E-state index contributed by atoms with van der Waals surface area (Å²) in [7, 11) is 4.76. The van der Waals surface area contributed by atoms with Gasteiger partial charge in [-0.1, -0.05) is 16.9 Å². The second-order valence-corrected chi connectivity index (χ2v) is 5.53. The summed E-state index contributed by atoms with van der Waals surface area (Å²) in [6.07, 6.45) is 3.04. The van der Waals surface area contributed by atoms with Gasteiger partial charge in [0.15, 0.2) is 0 Å². The van der Waals surface area contributed by atoms with Gasteiger partial charge in [-0.3, -0.25) is 4.79 Å². The highest BCUT2D eigenvalue weighted by atomic mass is 33.1. The summed E-state index contributed by atoms with van der Waals surface area (Å²) >= 11 is 0. The highest BCUT2D eigenvalue weighted by Gasteiger charge is 2.00. The maximum atomic E-state index is 11.3. The van der Waals surface area contributed by atoms with Crippen molar-refractivity contribution in [2.45, 2.75) is 17.9 Å². The fraction of sp³-hybridized carbons (Fsp3) is 0.455. The Morgan fingerprint density at radius 2 is 2.41 bits per heavy atom. The van der Waals surface area contributed by atoms with Crippen LogP contribution in [0.4, 0.5) is 0 Å². The molecule has 1 rings (SSSR count). The Hall–Kier alpha value is -0.720. The summed E-state index contributed by atoms with van der Waals surface area (Å²) in [4.78, 5) is 15.5. The molecule has 0 saturated carbocycles. The molecule has 1 amide bonds. The summed E-state index contributed by atoms with van der Waals surface area (Å²) < 4.78 is 4.88. The summed E-state index contributed by atoms with van der Waals surface area (Å²) in [5, 5.41) is 3.78. The molecular formula is C11H16N2O2S2. The smallest absolute Gasteiger partial charge is 0.220 e. The number of hydrogen-bond donors (Lipinski definition) is 1. The van der Waals surface area contributed by atoms with Crippen molar-refractivity contribution >= 4 is 27.5 Å². The third-order valence-electron chi connectivity index (χ3n) is 1.86. The minimum Gasteiger partial charge on any atom is -0.385 e. The molecule has 1 aromatic rings. The van der Waals surface area contributed by atoms with E-state index >= 15 is 0 Å². The standard InChI is InChI=1S/C11H16N2O2S2/c1-15-8-4-5-10(14)13-9-16-17-11-6-2-3-7-12-11/h2-3,6-7H,4-5,8-9H2,1H3,(H,13,14). The Morgan fingerprint density at radius 1 is 1.53 bits per heavy atom. The van der Waals surface area contributed by atoms with Crippen LogP contribution in [0.25, 0.3) is 0 Å². The van der Waals surface area contributed by atoms with Crippen LogP contribution in [0.5, 0.6) is 0 Å². The van der Waals surface area contributed by atoms with E-state index in [2.05, 4.69) is 10.3 Å². The minimum atomic E-state index is 0.0659. The van der Waals surface area contributed by atoms with Crippen LogP contribution in [-0.4, -0.2) is 30.5 Å². The zero-order chi connectivity index (χ0) is 12.3. The number of carbonyl (C=O) groups is 1. The molecule has 0 unspecified atom stereocenters. The molecule has 1 aromatic heterocycles. The number of nitrogens with zero attached hydrogens (tertiary/aromatic N) is 1. The van der Waals surface area contributed by atoms with Crippen molar-refractivity contribution in [2.24, 2.45) is 0 Å². The molecule has 0 radical (unpaired) electrons. The van der Waals surface area contributed by atoms with E-state index in [1.165, 1.54) is 0 Å². The van der Waals surface area contributed by atoms with E-state index in [1.54, 1.807) is 34.9 Å². The van der Waals surface area contributed by atoms with Gasteiger partial charge in [0.25, 0.3) is 0 Å². The van der Waals surface area contributed by atoms with Gasteiger partial charge < -0.3 is 10.1 Å². The summed E-state index contributed by atoms with van der Waals surface area (Å²) in [5.74, 6) is 0.656. The molecule has 6 heteroatoms. The number of ether oxygens (including phenoxy) is 1. The highest BCUT2D eigenvalue weighted by molar-refractivity contribution is 8.76. The van der Waals surface area contributed by atoms with Crippen molar-refractivity contribution in [3.63, 3.8) is 0 Å². The van der Waals surface area contributed by atoms with E-state index in [-0.39, 0.29) is 5.91 Å². The van der Waals surface area contributed by atoms with Gasteiger partial charge in [-0.25, -0.2) is 4.98 Å². The molecule has 1 N–H and O–H groups in total. The number of hydrogen-bond acceptors (Lipinski definition) is 5. The van der Waals surface area contributed by atoms with E-state index in [0.29, 0.717) is 18.9 Å². The van der Waals surface area contributed by atoms with Gasteiger partial charge in [-0.15, -0.1) is 0 Å². The molecule has 4 nitrogen and oxygen atoms in total. The second-order valence-electron chi connectivity index (χ2n) is 3.21. The molecule has 0 aliphatic heterocycles. The molecule has 0 spiro atoms. The van der Waals surface area contributed by atoms with E-state index < -0.39 is 0 Å². The number of carbonyl (C=O) groups excluding carboxylic acids is 1. The van der Waals surface area contributed by atoms with Crippen LogP contribution < -0.4 is 5.32 Å². The topological polar surface area (TPSA) is 51.2 Å². The van der Waals surface area contributed by atoms with Gasteiger partial charge in [0.1, 0.15) is 5.03 Å². The van der Waals surface area contributed by atoms with Gasteiger partial charge >= 0.3 is 0 Å². The zero-order valence-corrected chi connectivity index (χ0v) is 11.4. The first-order chi connectivity index (χ1) is 8.33. The Kier molecular flexibility index (Phi) is 7.87. The van der Waals surface area contributed by atoms with Gasteiger partial charge in [-0.2, -0.15) is 0 Å². The van der Waals surface area contributed by atoms with Crippen LogP contribution >= 0.6 is 21.6 Å². The van der Waals surface area contributed by atoms with E-state index in [9.17, 15) is 4.79 Å². The Bertz CT molecular complexity index is 323. The predicted molar refractivity (Wildman–Crippen MR) is 71.8 cm³/mol. The highest BCUT2D eigenvalue weighted by Crippen LogP contribution is 2.27. The molecule has 0 fully saturated rings. The first-order valence-corrected chi connectivity index (χ1v) is 7.61. The van der Waals surface area contributed by atoms with Crippen LogP contribution in [0.1, 0.15) is 12.8 Å². The van der Waals surface area contributed by atoms with Crippen molar-refractivity contribution in [3.8, 4) is 0 Å². The van der Waals surface area contributed by atoms with Crippen molar-refractivity contribution in [1.29, 1.82) is 0 Å². The average molecular weight is 272 g/mol. The molecule has 0 bridgehead atoms. The van der Waals surface area contributed by atoms with Crippen molar-refractivity contribution in [2.75, 3.05) is 19.6 Å². The zero-order valence-electron chi connectivity index (χ0n) is 9.72. The number of methoxy groups -OCH3 is 1. The lowest BCUT2D eigenvalue weighted by Crippen LogP contribution is -2.22. The largest absolute Gasteiger partial charge is 0.385 e. The van der Waals surface area contributed by atoms with Gasteiger partial charge in [0.2, 0.25) is 5.91 Å². The van der Waals surface area contributed by atoms with Crippen LogP contribution in [0.3, 0.4) is 0 Å². The van der Waals surface area contributed by atoms with Gasteiger partial charge in [0, 0.05) is 26.3 Å². The number of amides is 1. The first-order valence-electron chi connectivity index (χ1n) is 5.29. The summed E-state index contributed by atoms with van der Waals surface area (Å²) in [5.41, 5.74) is 0. The van der Waals surface area contributed by atoms with E-state index in [1.807, 2.05) is 18.2 Å². The predicted octanol–water partition coefficient (Wildman–Crippen LogP) is 2.32. The van der Waals surface area contributed by atoms with Crippen molar-refractivity contribution < 1.29 is 9.53 Å². The SMILES string of the molecule is COCCCC(=O)NCSSc1ccccn1. The Balaban J connectivity index is 2.02. The van der Waals surface area contributed by atoms with Gasteiger partial charge in [0.05, 0.1) is 5.88 Å². The lowest BCUT2D eigenvalue weighted by molar-refractivity contribution is -0.121. The third kappa shape index (κ3) is 7.25. The molecular weight excluding hydrogens is 256 g/mol. The summed E-state index contributed by atoms with van der Waals surface area (Å²) in [6.45, 7) is 0.628. The lowest BCUT2D eigenvalue weighted by Gasteiger charge is -2.04. The summed E-state index contributed by atoms with van der Waals surface area (Å²) in [6, 6.07) is 5.77. The fourth-order valence-corrected chi connectivity index (χ4v) is 2.71. The third-order valence-corrected chi connectivity index (χ3v) is 3.87.